The standard InChI is InChI=1S/C30H33N3O/c31-27(34)22-14-3-1-2-4-15-23-33-30(26-20-12-7-13-21-26)28(24-16-8-5-9-17-24)29(32-33)25-18-10-6-11-19-25/h5-13,16-21H,1-4,14-15,22-23H2,(H2,31,34). The third kappa shape index (κ3) is 6.02. The van der Waals surface area contributed by atoms with Crippen molar-refractivity contribution in [2.75, 3.05) is 0 Å². The summed E-state index contributed by atoms with van der Waals surface area (Å²) in [7, 11) is 0. The van der Waals surface area contributed by atoms with Crippen molar-refractivity contribution in [3.05, 3.63) is 91.0 Å². The first-order valence-corrected chi connectivity index (χ1v) is 12.3. The van der Waals surface area contributed by atoms with E-state index in [1.165, 1.54) is 22.4 Å². The number of amides is 1. The van der Waals surface area contributed by atoms with E-state index < -0.39 is 0 Å². The number of hydrogen-bond acceptors (Lipinski definition) is 2. The summed E-state index contributed by atoms with van der Waals surface area (Å²) in [5, 5.41) is 5.17. The molecule has 0 unspecified atom stereocenters. The van der Waals surface area contributed by atoms with Crippen LogP contribution in [0.2, 0.25) is 0 Å². The van der Waals surface area contributed by atoms with Gasteiger partial charge in [-0.2, -0.15) is 5.10 Å². The number of benzene rings is 3. The van der Waals surface area contributed by atoms with E-state index in [1.54, 1.807) is 0 Å². The van der Waals surface area contributed by atoms with Gasteiger partial charge >= 0.3 is 0 Å². The molecule has 0 fully saturated rings. The van der Waals surface area contributed by atoms with Gasteiger partial charge in [0.05, 0.1) is 5.69 Å². The molecule has 1 heterocycles. The van der Waals surface area contributed by atoms with Gasteiger partial charge in [0.1, 0.15) is 5.69 Å². The Morgan fingerprint density at radius 1 is 0.647 bits per heavy atom. The van der Waals surface area contributed by atoms with Gasteiger partial charge in [0, 0.05) is 29.7 Å². The summed E-state index contributed by atoms with van der Waals surface area (Å²) in [5.41, 5.74) is 12.1. The molecule has 34 heavy (non-hydrogen) atoms. The van der Waals surface area contributed by atoms with E-state index in [4.69, 9.17) is 10.8 Å². The maximum Gasteiger partial charge on any atom is 0.217 e. The van der Waals surface area contributed by atoms with Gasteiger partial charge in [0.2, 0.25) is 5.91 Å². The molecule has 0 radical (unpaired) electrons. The number of hydrogen-bond donors (Lipinski definition) is 1. The van der Waals surface area contributed by atoms with Gasteiger partial charge in [-0.1, -0.05) is 117 Å². The second-order valence-electron chi connectivity index (χ2n) is 8.73. The van der Waals surface area contributed by atoms with E-state index >= 15 is 0 Å². The Hall–Kier alpha value is -3.66. The van der Waals surface area contributed by atoms with Crippen LogP contribution in [-0.4, -0.2) is 15.7 Å². The number of rotatable bonds is 12. The summed E-state index contributed by atoms with van der Waals surface area (Å²) in [6, 6.07) is 31.6. The van der Waals surface area contributed by atoms with Crippen molar-refractivity contribution in [3.8, 4) is 33.6 Å². The molecule has 0 aliphatic carbocycles. The molecule has 0 saturated carbocycles. The highest BCUT2D eigenvalue weighted by Gasteiger charge is 2.21. The highest BCUT2D eigenvalue weighted by Crippen LogP contribution is 2.40. The summed E-state index contributed by atoms with van der Waals surface area (Å²) in [4.78, 5) is 10.9. The van der Waals surface area contributed by atoms with Crippen molar-refractivity contribution >= 4 is 5.91 Å². The number of carbonyl (C=O) groups is 1. The lowest BCUT2D eigenvalue weighted by atomic mass is 9.96. The molecule has 0 atom stereocenters. The summed E-state index contributed by atoms with van der Waals surface area (Å²) in [5.74, 6) is -0.199. The van der Waals surface area contributed by atoms with Crippen LogP contribution in [0.5, 0.6) is 0 Å². The predicted octanol–water partition coefficient (Wildman–Crippen LogP) is 7.10. The van der Waals surface area contributed by atoms with Crippen molar-refractivity contribution in [2.45, 2.75) is 51.5 Å². The second kappa shape index (κ2) is 12.0. The molecule has 1 aromatic heterocycles. The fourth-order valence-electron chi connectivity index (χ4n) is 4.46. The zero-order valence-electron chi connectivity index (χ0n) is 19.7. The van der Waals surface area contributed by atoms with Gasteiger partial charge in [0.25, 0.3) is 0 Å². The Kier molecular flexibility index (Phi) is 8.28. The van der Waals surface area contributed by atoms with E-state index in [2.05, 4.69) is 89.6 Å². The van der Waals surface area contributed by atoms with E-state index in [-0.39, 0.29) is 5.91 Å². The Morgan fingerprint density at radius 3 is 1.74 bits per heavy atom. The Balaban J connectivity index is 1.61. The van der Waals surface area contributed by atoms with Gasteiger partial charge in [-0.05, 0) is 18.4 Å². The van der Waals surface area contributed by atoms with Crippen LogP contribution in [0.15, 0.2) is 91.0 Å². The SMILES string of the molecule is NC(=O)CCCCCCCCn1nc(-c2ccccc2)c(-c2ccccc2)c1-c1ccccc1. The normalized spacial score (nSPS) is 10.9. The molecular weight excluding hydrogens is 418 g/mol. The lowest BCUT2D eigenvalue weighted by Crippen LogP contribution is -2.09. The third-order valence-corrected chi connectivity index (χ3v) is 6.15. The molecule has 4 aromatic rings. The van der Waals surface area contributed by atoms with Crippen LogP contribution in [0.1, 0.15) is 44.9 Å². The summed E-state index contributed by atoms with van der Waals surface area (Å²) < 4.78 is 2.20. The molecule has 3 aromatic carbocycles. The average Bonchev–Trinajstić information content (AvgIpc) is 3.26. The Morgan fingerprint density at radius 2 is 1.15 bits per heavy atom. The average molecular weight is 452 g/mol. The summed E-state index contributed by atoms with van der Waals surface area (Å²) >= 11 is 0. The fourth-order valence-corrected chi connectivity index (χ4v) is 4.46. The molecule has 4 heteroatoms. The zero-order chi connectivity index (χ0) is 23.6. The van der Waals surface area contributed by atoms with Crippen molar-refractivity contribution < 1.29 is 4.79 Å². The van der Waals surface area contributed by atoms with Crippen LogP contribution in [-0.2, 0) is 11.3 Å². The maximum atomic E-state index is 10.9. The lowest BCUT2D eigenvalue weighted by molar-refractivity contribution is -0.118. The molecule has 2 N–H and O–H groups in total. The van der Waals surface area contributed by atoms with Crippen molar-refractivity contribution in [3.63, 3.8) is 0 Å². The highest BCUT2D eigenvalue weighted by atomic mass is 16.1. The molecule has 0 bridgehead atoms. The number of aromatic nitrogens is 2. The fraction of sp³-hybridized carbons (Fsp3) is 0.267. The minimum absolute atomic E-state index is 0.199. The van der Waals surface area contributed by atoms with E-state index in [9.17, 15) is 4.79 Å². The van der Waals surface area contributed by atoms with Gasteiger partial charge in [-0.25, -0.2) is 0 Å². The molecule has 174 valence electrons. The molecular formula is C30H33N3O. The Labute approximate surface area is 202 Å². The van der Waals surface area contributed by atoms with Gasteiger partial charge < -0.3 is 5.73 Å². The number of nitrogens with zero attached hydrogens (tertiary/aromatic N) is 2. The third-order valence-electron chi connectivity index (χ3n) is 6.15. The molecule has 0 aliphatic heterocycles. The van der Waals surface area contributed by atoms with Crippen LogP contribution < -0.4 is 5.73 Å². The molecule has 4 rings (SSSR count). The predicted molar refractivity (Wildman–Crippen MR) is 140 cm³/mol. The lowest BCUT2D eigenvalue weighted by Gasteiger charge is -2.11. The first kappa shape index (κ1) is 23.5. The number of aryl methyl sites for hydroxylation is 1. The van der Waals surface area contributed by atoms with Crippen LogP contribution in [0.3, 0.4) is 0 Å². The maximum absolute atomic E-state index is 10.9. The van der Waals surface area contributed by atoms with Gasteiger partial charge in [-0.3, -0.25) is 9.48 Å². The van der Waals surface area contributed by atoms with Crippen molar-refractivity contribution in [1.29, 1.82) is 0 Å². The quantitative estimate of drug-likeness (QED) is 0.234. The topological polar surface area (TPSA) is 60.9 Å². The van der Waals surface area contributed by atoms with Gasteiger partial charge in [0.15, 0.2) is 0 Å². The van der Waals surface area contributed by atoms with Crippen LogP contribution >= 0.6 is 0 Å². The van der Waals surface area contributed by atoms with Crippen molar-refractivity contribution in [1.82, 2.24) is 9.78 Å². The molecule has 1 amide bonds. The first-order chi connectivity index (χ1) is 16.7. The smallest absolute Gasteiger partial charge is 0.217 e. The molecule has 0 aliphatic rings. The van der Waals surface area contributed by atoms with Crippen LogP contribution in [0, 0.1) is 0 Å². The van der Waals surface area contributed by atoms with Crippen LogP contribution in [0.4, 0.5) is 0 Å². The molecule has 0 saturated heterocycles. The van der Waals surface area contributed by atoms with Crippen LogP contribution in [0.25, 0.3) is 33.6 Å². The Bertz CT molecular complexity index is 1170. The number of primary amides is 1. The minimum atomic E-state index is -0.199. The second-order valence-corrected chi connectivity index (χ2v) is 8.73. The van der Waals surface area contributed by atoms with E-state index in [1.807, 2.05) is 6.07 Å². The molecule has 0 spiro atoms. The number of unbranched alkanes of at least 4 members (excludes halogenated alkanes) is 5. The number of carbonyl (C=O) groups excluding carboxylic acids is 1. The minimum Gasteiger partial charge on any atom is -0.370 e. The van der Waals surface area contributed by atoms with Crippen molar-refractivity contribution in [2.24, 2.45) is 5.73 Å². The summed E-state index contributed by atoms with van der Waals surface area (Å²) in [6.07, 6.45) is 6.98. The number of nitrogens with two attached hydrogens (primary N) is 1. The highest BCUT2D eigenvalue weighted by molar-refractivity contribution is 5.91. The largest absolute Gasteiger partial charge is 0.370 e. The van der Waals surface area contributed by atoms with Gasteiger partial charge in [-0.15, -0.1) is 0 Å². The first-order valence-electron chi connectivity index (χ1n) is 12.3. The molecule has 4 nitrogen and oxygen atoms in total. The van der Waals surface area contributed by atoms with E-state index in [0.29, 0.717) is 6.42 Å². The monoisotopic (exact) mass is 451 g/mol. The zero-order valence-corrected chi connectivity index (χ0v) is 19.7. The van der Waals surface area contributed by atoms with E-state index in [0.717, 1.165) is 56.3 Å². The summed E-state index contributed by atoms with van der Waals surface area (Å²) in [6.45, 7) is 0.873.